The number of nitrogens with zero attached hydrogens (tertiary/aromatic N) is 1. The monoisotopic (exact) mass is 306 g/mol. The second-order valence-electron chi connectivity index (χ2n) is 2.41. The number of oxazole rings is 1. The molecule has 0 aliphatic heterocycles. The normalized spacial score (nSPS) is 10.5. The van der Waals surface area contributed by atoms with Crippen LogP contribution in [0.4, 0.5) is 0 Å². The average molecular weight is 306 g/mol. The molecule has 0 bridgehead atoms. The summed E-state index contributed by atoms with van der Waals surface area (Å²) >= 11 is 3.72. The van der Waals surface area contributed by atoms with Crippen molar-refractivity contribution in [2.75, 3.05) is 0 Å². The van der Waals surface area contributed by atoms with E-state index >= 15 is 0 Å². The smallest absolute Gasteiger partial charge is 0.209 e. The van der Waals surface area contributed by atoms with Crippen LogP contribution < -0.4 is 3.53 Å². The molecule has 3 nitrogen and oxygen atoms in total. The van der Waals surface area contributed by atoms with Gasteiger partial charge in [0, 0.05) is 22.9 Å². The number of thiophene rings is 1. The summed E-state index contributed by atoms with van der Waals surface area (Å²) in [5.74, 6) is 1.56. The molecule has 2 aromatic heterocycles. The Balaban J connectivity index is 2.23. The Bertz CT molecular complexity index is 371. The van der Waals surface area contributed by atoms with Gasteiger partial charge in [-0.05, 0) is 11.4 Å². The maximum Gasteiger partial charge on any atom is 0.209 e. The summed E-state index contributed by atoms with van der Waals surface area (Å²) in [7, 11) is 0. The Morgan fingerprint density at radius 2 is 2.54 bits per heavy atom. The van der Waals surface area contributed by atoms with Crippen LogP contribution in [-0.4, -0.2) is 4.98 Å². The summed E-state index contributed by atoms with van der Waals surface area (Å²) in [6.07, 6.45) is 1.76. The molecule has 68 valence electrons. The van der Waals surface area contributed by atoms with E-state index < -0.39 is 0 Å². The molecule has 0 aliphatic carbocycles. The first-order chi connectivity index (χ1) is 6.40. The van der Waals surface area contributed by atoms with Gasteiger partial charge in [-0.15, -0.1) is 11.3 Å². The van der Waals surface area contributed by atoms with Crippen molar-refractivity contribution in [1.29, 1.82) is 0 Å². The number of halogens is 1. The van der Waals surface area contributed by atoms with Crippen molar-refractivity contribution < 1.29 is 4.42 Å². The van der Waals surface area contributed by atoms with Crippen LogP contribution in [-0.2, 0) is 6.54 Å². The van der Waals surface area contributed by atoms with Gasteiger partial charge < -0.3 is 4.42 Å². The molecule has 0 fully saturated rings. The topological polar surface area (TPSA) is 38.1 Å². The van der Waals surface area contributed by atoms with Crippen LogP contribution in [0.5, 0.6) is 0 Å². The molecule has 0 saturated carbocycles. The van der Waals surface area contributed by atoms with Gasteiger partial charge >= 0.3 is 0 Å². The minimum absolute atomic E-state index is 0.659. The maximum atomic E-state index is 5.50. The number of hydrogen-bond donors (Lipinski definition) is 1. The van der Waals surface area contributed by atoms with Crippen molar-refractivity contribution in [1.82, 2.24) is 8.51 Å². The highest BCUT2D eigenvalue weighted by atomic mass is 127. The average Bonchev–Trinajstić information content (AvgIpc) is 2.70. The van der Waals surface area contributed by atoms with Gasteiger partial charge in [-0.2, -0.15) is 0 Å². The van der Waals surface area contributed by atoms with Crippen LogP contribution in [0, 0.1) is 0 Å². The molecule has 13 heavy (non-hydrogen) atoms. The molecule has 1 N–H and O–H groups in total. The van der Waals surface area contributed by atoms with Crippen LogP contribution in [0.15, 0.2) is 28.1 Å². The van der Waals surface area contributed by atoms with E-state index in [1.165, 1.54) is 0 Å². The number of aromatic nitrogens is 1. The molecule has 0 aliphatic rings. The molecule has 5 heteroatoms. The largest absolute Gasteiger partial charge is 0.438 e. The van der Waals surface area contributed by atoms with Gasteiger partial charge in [0.1, 0.15) is 0 Å². The lowest BCUT2D eigenvalue weighted by Gasteiger charge is -1.89. The van der Waals surface area contributed by atoms with Crippen LogP contribution >= 0.6 is 34.2 Å². The predicted molar refractivity (Wildman–Crippen MR) is 60.7 cm³/mol. The highest BCUT2D eigenvalue weighted by Crippen LogP contribution is 2.24. The van der Waals surface area contributed by atoms with E-state index in [2.05, 4.69) is 31.4 Å². The molecule has 2 heterocycles. The molecule has 0 atom stereocenters. The minimum Gasteiger partial charge on any atom is -0.438 e. The number of hydrogen-bond acceptors (Lipinski definition) is 4. The van der Waals surface area contributed by atoms with Gasteiger partial charge in [0.2, 0.25) is 5.89 Å². The van der Waals surface area contributed by atoms with Crippen LogP contribution in [0.2, 0.25) is 0 Å². The fraction of sp³-hybridized carbons (Fsp3) is 0.125. The zero-order chi connectivity index (χ0) is 9.10. The molecule has 0 amide bonds. The lowest BCUT2D eigenvalue weighted by atomic mass is 10.4. The summed E-state index contributed by atoms with van der Waals surface area (Å²) in [5.41, 5.74) is 0. The first-order valence-electron chi connectivity index (χ1n) is 3.72. The lowest BCUT2D eigenvalue weighted by molar-refractivity contribution is 0.506. The van der Waals surface area contributed by atoms with Crippen LogP contribution in [0.3, 0.4) is 0 Å². The standard InChI is InChI=1S/C8H7IN2OS/c9-11-5-8-10-4-6(12-8)7-2-1-3-13-7/h1-4,11H,5H2. The molecule has 2 aromatic rings. The van der Waals surface area contributed by atoms with Gasteiger partial charge in [0.25, 0.3) is 0 Å². The quantitative estimate of drug-likeness (QED) is 0.700. The third-order valence-corrected chi connectivity index (χ3v) is 2.80. The van der Waals surface area contributed by atoms with Gasteiger partial charge in [-0.25, -0.2) is 4.98 Å². The Hall–Kier alpha value is -0.400. The number of rotatable bonds is 3. The molecule has 0 unspecified atom stereocenters. The third-order valence-electron chi connectivity index (χ3n) is 1.54. The molecule has 0 aromatic carbocycles. The Morgan fingerprint density at radius 1 is 1.62 bits per heavy atom. The Morgan fingerprint density at radius 3 is 3.23 bits per heavy atom. The molecule has 0 spiro atoms. The highest BCUT2D eigenvalue weighted by molar-refractivity contribution is 14.1. The van der Waals surface area contributed by atoms with E-state index in [0.717, 1.165) is 16.5 Å². The van der Waals surface area contributed by atoms with Gasteiger partial charge in [0.15, 0.2) is 5.76 Å². The summed E-state index contributed by atoms with van der Waals surface area (Å²) in [5, 5.41) is 2.02. The van der Waals surface area contributed by atoms with E-state index in [-0.39, 0.29) is 0 Å². The van der Waals surface area contributed by atoms with Crippen molar-refractivity contribution in [2.45, 2.75) is 6.54 Å². The van der Waals surface area contributed by atoms with E-state index in [0.29, 0.717) is 6.54 Å². The molecule has 2 rings (SSSR count). The zero-order valence-corrected chi connectivity index (χ0v) is 9.63. The van der Waals surface area contributed by atoms with Gasteiger partial charge in [0.05, 0.1) is 17.6 Å². The van der Waals surface area contributed by atoms with E-state index in [9.17, 15) is 0 Å². The molecule has 0 radical (unpaired) electrons. The van der Waals surface area contributed by atoms with Crippen LogP contribution in [0.1, 0.15) is 5.89 Å². The van der Waals surface area contributed by atoms with E-state index in [1.54, 1.807) is 17.5 Å². The second-order valence-corrected chi connectivity index (χ2v) is 4.12. The van der Waals surface area contributed by atoms with Crippen molar-refractivity contribution in [3.63, 3.8) is 0 Å². The van der Waals surface area contributed by atoms with E-state index in [4.69, 9.17) is 4.42 Å². The maximum absolute atomic E-state index is 5.50. The van der Waals surface area contributed by atoms with Crippen molar-refractivity contribution in [3.8, 4) is 10.6 Å². The Kier molecular flexibility index (Phi) is 2.97. The SMILES string of the molecule is INCc1ncc(-c2cccs2)o1. The fourth-order valence-corrected chi connectivity index (χ4v) is 1.98. The predicted octanol–water partition coefficient (Wildman–Crippen LogP) is 2.84. The summed E-state index contributed by atoms with van der Waals surface area (Å²) in [4.78, 5) is 5.25. The molecule has 0 saturated heterocycles. The first-order valence-corrected chi connectivity index (χ1v) is 5.68. The lowest BCUT2D eigenvalue weighted by Crippen LogP contribution is -1.96. The third kappa shape index (κ3) is 2.09. The highest BCUT2D eigenvalue weighted by Gasteiger charge is 2.05. The number of nitrogens with one attached hydrogen (secondary N) is 1. The van der Waals surface area contributed by atoms with Gasteiger partial charge in [-0.1, -0.05) is 6.07 Å². The zero-order valence-electron chi connectivity index (χ0n) is 6.66. The van der Waals surface area contributed by atoms with Crippen molar-refractivity contribution in [3.05, 3.63) is 29.6 Å². The van der Waals surface area contributed by atoms with E-state index in [1.807, 2.05) is 17.5 Å². The minimum atomic E-state index is 0.659. The Labute approximate surface area is 93.7 Å². The van der Waals surface area contributed by atoms with Crippen molar-refractivity contribution in [2.24, 2.45) is 0 Å². The fourth-order valence-electron chi connectivity index (χ4n) is 0.982. The summed E-state index contributed by atoms with van der Waals surface area (Å²) < 4.78 is 8.46. The van der Waals surface area contributed by atoms with Gasteiger partial charge in [-0.3, -0.25) is 3.53 Å². The molecular formula is C8H7IN2OS. The second kappa shape index (κ2) is 4.21. The molecular weight excluding hydrogens is 299 g/mol. The van der Waals surface area contributed by atoms with Crippen LogP contribution in [0.25, 0.3) is 10.6 Å². The summed E-state index contributed by atoms with van der Waals surface area (Å²) in [6, 6.07) is 4.02. The first kappa shape index (κ1) is 9.17. The van der Waals surface area contributed by atoms with Crippen molar-refractivity contribution >= 4 is 34.2 Å². The summed E-state index contributed by atoms with van der Waals surface area (Å²) in [6.45, 7) is 0.659.